The number of hydrogen-bond acceptors (Lipinski definition) is 4. The fourth-order valence-electron chi connectivity index (χ4n) is 2.69. The van der Waals surface area contributed by atoms with Crippen LogP contribution in [0.2, 0.25) is 5.02 Å². The Bertz CT molecular complexity index is 724. The monoisotopic (exact) mass is 349 g/mol. The van der Waals surface area contributed by atoms with Crippen molar-refractivity contribution in [3.8, 4) is 0 Å². The molecule has 2 unspecified atom stereocenters. The number of anilines is 1. The molecule has 4 nitrogen and oxygen atoms in total. The lowest BCUT2D eigenvalue weighted by Crippen LogP contribution is -2.29. The number of carbonyl (C=O) groups excluding carboxylic acids is 1. The topological polar surface area (TPSA) is 81.1 Å². The van der Waals surface area contributed by atoms with Crippen LogP contribution in [0.1, 0.15) is 52.6 Å². The molecule has 3 rings (SSSR count). The third-order valence-electron chi connectivity index (χ3n) is 4.15. The predicted molar refractivity (Wildman–Crippen MR) is 95.7 cm³/mol. The summed E-state index contributed by atoms with van der Waals surface area (Å²) < 4.78 is 0. The van der Waals surface area contributed by atoms with Gasteiger partial charge in [-0.2, -0.15) is 0 Å². The fraction of sp³-hybridized carbons (Fsp3) is 0.353. The molecule has 1 saturated carbocycles. The third-order valence-corrected chi connectivity index (χ3v) is 5.59. The number of amides is 1. The van der Waals surface area contributed by atoms with E-state index in [0.29, 0.717) is 17.2 Å². The number of nitrogens with one attached hydrogen (secondary N) is 1. The first-order valence-electron chi connectivity index (χ1n) is 7.66. The Balaban J connectivity index is 1.83. The molecule has 0 saturated heterocycles. The Labute approximate surface area is 144 Å². The van der Waals surface area contributed by atoms with Gasteiger partial charge in [0, 0.05) is 22.2 Å². The van der Waals surface area contributed by atoms with E-state index in [9.17, 15) is 4.79 Å². The number of carbonyl (C=O) groups is 1. The molecule has 0 bridgehead atoms. The van der Waals surface area contributed by atoms with E-state index in [1.165, 1.54) is 0 Å². The van der Waals surface area contributed by atoms with Crippen molar-refractivity contribution in [3.05, 3.63) is 50.7 Å². The highest BCUT2D eigenvalue weighted by Crippen LogP contribution is 2.44. The van der Waals surface area contributed by atoms with Crippen LogP contribution in [0.15, 0.2) is 29.6 Å². The lowest BCUT2D eigenvalue weighted by atomic mass is 10.0. The molecule has 1 heterocycles. The number of benzene rings is 1. The Hall–Kier alpha value is -1.56. The first-order chi connectivity index (χ1) is 11.0. The average molecular weight is 350 g/mol. The highest BCUT2D eigenvalue weighted by molar-refractivity contribution is 7.10. The summed E-state index contributed by atoms with van der Waals surface area (Å²) in [5.41, 5.74) is 13.8. The van der Waals surface area contributed by atoms with Crippen molar-refractivity contribution in [2.75, 3.05) is 5.73 Å². The van der Waals surface area contributed by atoms with Crippen molar-refractivity contribution in [2.45, 2.75) is 31.8 Å². The second kappa shape index (κ2) is 6.51. The van der Waals surface area contributed by atoms with Crippen molar-refractivity contribution in [1.82, 2.24) is 5.32 Å². The first-order valence-corrected chi connectivity index (χ1v) is 8.92. The van der Waals surface area contributed by atoms with Crippen LogP contribution in [0, 0.1) is 5.92 Å². The highest BCUT2D eigenvalue weighted by Gasteiger charge is 2.35. The zero-order chi connectivity index (χ0) is 16.6. The number of hydrogen-bond donors (Lipinski definition) is 3. The maximum Gasteiger partial charge on any atom is 0.251 e. The molecule has 0 radical (unpaired) electrons. The van der Waals surface area contributed by atoms with Gasteiger partial charge in [0.2, 0.25) is 0 Å². The average Bonchev–Trinajstić information content (AvgIpc) is 3.26. The van der Waals surface area contributed by atoms with Crippen LogP contribution >= 0.6 is 22.9 Å². The molecule has 2 atom stereocenters. The number of rotatable bonds is 5. The minimum Gasteiger partial charge on any atom is -0.398 e. The van der Waals surface area contributed by atoms with Crippen molar-refractivity contribution in [3.63, 3.8) is 0 Å². The lowest BCUT2D eigenvalue weighted by Gasteiger charge is -2.18. The van der Waals surface area contributed by atoms with Gasteiger partial charge in [0.15, 0.2) is 0 Å². The molecule has 1 amide bonds. The molecular weight excluding hydrogens is 330 g/mol. The van der Waals surface area contributed by atoms with Gasteiger partial charge in [0.25, 0.3) is 5.91 Å². The minimum absolute atomic E-state index is 0.0219. The molecule has 5 N–H and O–H groups in total. The van der Waals surface area contributed by atoms with Gasteiger partial charge in [0.1, 0.15) is 0 Å². The summed E-state index contributed by atoms with van der Waals surface area (Å²) in [6.07, 6.45) is 2.23. The van der Waals surface area contributed by atoms with Gasteiger partial charge in [0.05, 0.1) is 11.1 Å². The van der Waals surface area contributed by atoms with Crippen LogP contribution in [0.3, 0.4) is 0 Å². The summed E-state index contributed by atoms with van der Waals surface area (Å²) in [7, 11) is 0. The Kier molecular flexibility index (Phi) is 4.62. The maximum atomic E-state index is 12.6. The molecule has 1 aliphatic rings. The molecule has 1 fully saturated rings. The molecule has 0 spiro atoms. The first kappa shape index (κ1) is 16.3. The smallest absolute Gasteiger partial charge is 0.251 e. The summed E-state index contributed by atoms with van der Waals surface area (Å²) in [6, 6.07) is 6.88. The molecule has 0 aliphatic heterocycles. The highest BCUT2D eigenvalue weighted by atomic mass is 35.5. The standard InChI is InChI=1S/C17H20ClN3OS/c1-9(19)12-8-11(4-5-14(12)20)17(22)21-15(10-2-3-10)16-13(18)6-7-23-16/h4-10,15H,2-3,19-20H2,1H3,(H,21,22). The van der Waals surface area contributed by atoms with E-state index in [0.717, 1.165) is 28.3 Å². The second-order valence-corrected chi connectivity index (χ2v) is 7.41. The van der Waals surface area contributed by atoms with Gasteiger partial charge in [-0.15, -0.1) is 11.3 Å². The fourth-order valence-corrected chi connectivity index (χ4v) is 4.01. The molecular formula is C17H20ClN3OS. The van der Waals surface area contributed by atoms with Crippen molar-refractivity contribution in [1.29, 1.82) is 0 Å². The van der Waals surface area contributed by atoms with Crippen molar-refractivity contribution < 1.29 is 4.79 Å². The van der Waals surface area contributed by atoms with E-state index in [4.69, 9.17) is 23.1 Å². The molecule has 23 heavy (non-hydrogen) atoms. The largest absolute Gasteiger partial charge is 0.398 e. The Morgan fingerprint density at radius 2 is 2.13 bits per heavy atom. The summed E-state index contributed by atoms with van der Waals surface area (Å²) in [6.45, 7) is 1.85. The summed E-state index contributed by atoms with van der Waals surface area (Å²) in [5, 5.41) is 5.81. The van der Waals surface area contributed by atoms with Gasteiger partial charge in [-0.3, -0.25) is 4.79 Å². The SMILES string of the molecule is CC(N)c1cc(C(=O)NC(c2sccc2Cl)C2CC2)ccc1N. The van der Waals surface area contributed by atoms with E-state index < -0.39 is 0 Å². The van der Waals surface area contributed by atoms with E-state index in [2.05, 4.69) is 5.32 Å². The van der Waals surface area contributed by atoms with Crippen molar-refractivity contribution in [2.24, 2.45) is 11.7 Å². The van der Waals surface area contributed by atoms with Gasteiger partial charge >= 0.3 is 0 Å². The quantitative estimate of drug-likeness (QED) is 0.716. The molecule has 6 heteroatoms. The normalized spacial score (nSPS) is 16.8. The minimum atomic E-state index is -0.214. The zero-order valence-electron chi connectivity index (χ0n) is 12.9. The number of thiophene rings is 1. The zero-order valence-corrected chi connectivity index (χ0v) is 14.5. The van der Waals surface area contributed by atoms with Crippen LogP contribution in [-0.2, 0) is 0 Å². The molecule has 1 aromatic heterocycles. The van der Waals surface area contributed by atoms with E-state index >= 15 is 0 Å². The van der Waals surface area contributed by atoms with Crippen LogP contribution < -0.4 is 16.8 Å². The summed E-state index contributed by atoms with van der Waals surface area (Å²) in [4.78, 5) is 13.7. The number of halogens is 1. The van der Waals surface area contributed by atoms with Crippen LogP contribution in [-0.4, -0.2) is 5.91 Å². The van der Waals surface area contributed by atoms with E-state index in [1.54, 1.807) is 29.5 Å². The molecule has 1 aromatic carbocycles. The molecule has 2 aromatic rings. The van der Waals surface area contributed by atoms with Crippen LogP contribution in [0.25, 0.3) is 0 Å². The second-order valence-electron chi connectivity index (χ2n) is 6.05. The molecule has 1 aliphatic carbocycles. The predicted octanol–water partition coefficient (Wildman–Crippen LogP) is 3.88. The Morgan fingerprint density at radius 3 is 2.70 bits per heavy atom. The maximum absolute atomic E-state index is 12.6. The summed E-state index contributed by atoms with van der Waals surface area (Å²) >= 11 is 7.84. The van der Waals surface area contributed by atoms with E-state index in [1.807, 2.05) is 18.4 Å². The lowest BCUT2D eigenvalue weighted by molar-refractivity contribution is 0.0932. The third kappa shape index (κ3) is 3.52. The summed E-state index contributed by atoms with van der Waals surface area (Å²) in [5.74, 6) is 0.352. The van der Waals surface area contributed by atoms with Crippen LogP contribution in [0.5, 0.6) is 0 Å². The van der Waals surface area contributed by atoms with E-state index in [-0.39, 0.29) is 18.0 Å². The number of nitrogens with two attached hydrogens (primary N) is 2. The van der Waals surface area contributed by atoms with Gasteiger partial charge in [-0.1, -0.05) is 11.6 Å². The Morgan fingerprint density at radius 1 is 1.39 bits per heavy atom. The van der Waals surface area contributed by atoms with Crippen LogP contribution in [0.4, 0.5) is 5.69 Å². The van der Waals surface area contributed by atoms with Gasteiger partial charge < -0.3 is 16.8 Å². The van der Waals surface area contributed by atoms with Gasteiger partial charge in [-0.05, 0) is 60.9 Å². The molecule has 122 valence electrons. The van der Waals surface area contributed by atoms with Gasteiger partial charge in [-0.25, -0.2) is 0 Å². The number of nitrogen functional groups attached to an aromatic ring is 1. The van der Waals surface area contributed by atoms with Crippen molar-refractivity contribution >= 4 is 34.5 Å².